The lowest BCUT2D eigenvalue weighted by molar-refractivity contribution is -0.114. The maximum Gasteiger partial charge on any atom is 0.221 e. The van der Waals surface area contributed by atoms with Crippen molar-refractivity contribution < 1.29 is 14.7 Å². The fourth-order valence-electron chi connectivity index (χ4n) is 1.19. The largest absolute Gasteiger partial charge is 0.507 e. The third-order valence-corrected chi connectivity index (χ3v) is 1.92. The monoisotopic (exact) mass is 193 g/mol. The first-order chi connectivity index (χ1) is 6.56. The van der Waals surface area contributed by atoms with Crippen molar-refractivity contribution in [2.75, 3.05) is 5.32 Å². The van der Waals surface area contributed by atoms with Gasteiger partial charge in [0.05, 0.1) is 5.56 Å². The van der Waals surface area contributed by atoms with Crippen LogP contribution < -0.4 is 5.32 Å². The third kappa shape index (κ3) is 1.90. The molecule has 0 aromatic heterocycles. The SMILES string of the molecule is CC(=O)Nc1ccc(O)c(C=O)c1C. The van der Waals surface area contributed by atoms with E-state index in [4.69, 9.17) is 0 Å². The van der Waals surface area contributed by atoms with E-state index in [1.54, 1.807) is 13.0 Å². The topological polar surface area (TPSA) is 66.4 Å². The average molecular weight is 193 g/mol. The molecule has 1 aromatic carbocycles. The van der Waals surface area contributed by atoms with E-state index in [2.05, 4.69) is 5.32 Å². The molecule has 0 aliphatic carbocycles. The molecule has 4 nitrogen and oxygen atoms in total. The highest BCUT2D eigenvalue weighted by molar-refractivity contribution is 5.92. The number of phenols is 1. The average Bonchev–Trinajstić information content (AvgIpc) is 2.10. The quantitative estimate of drug-likeness (QED) is 0.552. The van der Waals surface area contributed by atoms with Gasteiger partial charge in [-0.25, -0.2) is 0 Å². The van der Waals surface area contributed by atoms with Gasteiger partial charge in [-0.05, 0) is 24.6 Å². The third-order valence-electron chi connectivity index (χ3n) is 1.92. The first kappa shape index (κ1) is 10.2. The van der Waals surface area contributed by atoms with Gasteiger partial charge < -0.3 is 10.4 Å². The molecule has 0 bridgehead atoms. The van der Waals surface area contributed by atoms with Crippen molar-refractivity contribution >= 4 is 17.9 Å². The van der Waals surface area contributed by atoms with Crippen LogP contribution in [0.1, 0.15) is 22.8 Å². The summed E-state index contributed by atoms with van der Waals surface area (Å²) in [5.74, 6) is -0.290. The van der Waals surface area contributed by atoms with E-state index in [1.165, 1.54) is 13.0 Å². The maximum atomic E-state index is 10.8. The van der Waals surface area contributed by atoms with Crippen molar-refractivity contribution in [1.29, 1.82) is 0 Å². The molecule has 0 saturated carbocycles. The second-order valence-corrected chi connectivity index (χ2v) is 2.97. The lowest BCUT2D eigenvalue weighted by Crippen LogP contribution is -2.08. The van der Waals surface area contributed by atoms with Crippen molar-refractivity contribution in [3.05, 3.63) is 23.3 Å². The molecule has 0 saturated heterocycles. The molecule has 0 unspecified atom stereocenters. The number of amides is 1. The number of carbonyl (C=O) groups is 2. The second kappa shape index (κ2) is 3.91. The Hall–Kier alpha value is -1.84. The molecule has 0 atom stereocenters. The fourth-order valence-corrected chi connectivity index (χ4v) is 1.19. The first-order valence-electron chi connectivity index (χ1n) is 4.11. The first-order valence-corrected chi connectivity index (χ1v) is 4.11. The Morgan fingerprint density at radius 3 is 2.64 bits per heavy atom. The zero-order chi connectivity index (χ0) is 10.7. The Morgan fingerprint density at radius 1 is 1.50 bits per heavy atom. The van der Waals surface area contributed by atoms with Crippen LogP contribution in [0.3, 0.4) is 0 Å². The Labute approximate surface area is 81.6 Å². The van der Waals surface area contributed by atoms with E-state index in [-0.39, 0.29) is 17.2 Å². The highest BCUT2D eigenvalue weighted by Crippen LogP contribution is 2.25. The standard InChI is InChI=1S/C10H11NO3/c1-6-8(5-12)10(14)4-3-9(6)11-7(2)13/h3-5,14H,1-2H3,(H,11,13). The van der Waals surface area contributed by atoms with Gasteiger partial charge in [0.15, 0.2) is 6.29 Å². The van der Waals surface area contributed by atoms with Gasteiger partial charge in [-0.15, -0.1) is 0 Å². The van der Waals surface area contributed by atoms with Gasteiger partial charge in [0, 0.05) is 12.6 Å². The van der Waals surface area contributed by atoms with Crippen LogP contribution in [0.25, 0.3) is 0 Å². The van der Waals surface area contributed by atoms with E-state index >= 15 is 0 Å². The van der Waals surface area contributed by atoms with Crippen LogP contribution in [-0.2, 0) is 4.79 Å². The number of hydrogen-bond donors (Lipinski definition) is 2. The smallest absolute Gasteiger partial charge is 0.221 e. The highest BCUT2D eigenvalue weighted by atomic mass is 16.3. The number of aromatic hydroxyl groups is 1. The number of rotatable bonds is 2. The zero-order valence-corrected chi connectivity index (χ0v) is 8.00. The van der Waals surface area contributed by atoms with Crippen LogP contribution in [0.15, 0.2) is 12.1 Å². The number of phenolic OH excluding ortho intramolecular Hbond substituents is 1. The molecule has 1 amide bonds. The minimum Gasteiger partial charge on any atom is -0.507 e. The van der Waals surface area contributed by atoms with Crippen molar-refractivity contribution in [3.63, 3.8) is 0 Å². The number of hydrogen-bond acceptors (Lipinski definition) is 3. The molecule has 2 N–H and O–H groups in total. The van der Waals surface area contributed by atoms with E-state index in [1.807, 2.05) is 0 Å². The summed E-state index contributed by atoms with van der Waals surface area (Å²) in [6, 6.07) is 2.93. The summed E-state index contributed by atoms with van der Waals surface area (Å²) in [5.41, 5.74) is 1.31. The number of aldehydes is 1. The molecule has 1 rings (SSSR count). The van der Waals surface area contributed by atoms with Gasteiger partial charge in [0.2, 0.25) is 5.91 Å². The van der Waals surface area contributed by atoms with Crippen LogP contribution >= 0.6 is 0 Å². The molecular weight excluding hydrogens is 182 g/mol. The van der Waals surface area contributed by atoms with Gasteiger partial charge in [-0.2, -0.15) is 0 Å². The van der Waals surface area contributed by atoms with Crippen molar-refractivity contribution in [2.24, 2.45) is 0 Å². The maximum absolute atomic E-state index is 10.8. The van der Waals surface area contributed by atoms with Gasteiger partial charge >= 0.3 is 0 Å². The van der Waals surface area contributed by atoms with E-state index < -0.39 is 0 Å². The lowest BCUT2D eigenvalue weighted by Gasteiger charge is -2.09. The second-order valence-electron chi connectivity index (χ2n) is 2.97. The fraction of sp³-hybridized carbons (Fsp3) is 0.200. The zero-order valence-electron chi connectivity index (χ0n) is 8.00. The van der Waals surface area contributed by atoms with Crippen LogP contribution in [0.2, 0.25) is 0 Å². The summed E-state index contributed by atoms with van der Waals surface area (Å²) >= 11 is 0. The van der Waals surface area contributed by atoms with E-state index in [9.17, 15) is 14.7 Å². The molecular formula is C10H11NO3. The Balaban J connectivity index is 3.20. The molecule has 0 aliphatic heterocycles. The van der Waals surface area contributed by atoms with E-state index in [0.717, 1.165) is 0 Å². The molecule has 0 heterocycles. The van der Waals surface area contributed by atoms with Gasteiger partial charge in [0.1, 0.15) is 5.75 Å². The van der Waals surface area contributed by atoms with Crippen molar-refractivity contribution in [1.82, 2.24) is 0 Å². The number of anilines is 1. The number of benzene rings is 1. The predicted octanol–water partition coefficient (Wildman–Crippen LogP) is 1.47. The van der Waals surface area contributed by atoms with Crippen molar-refractivity contribution in [3.8, 4) is 5.75 Å². The van der Waals surface area contributed by atoms with Crippen molar-refractivity contribution in [2.45, 2.75) is 13.8 Å². The molecule has 0 radical (unpaired) electrons. The predicted molar refractivity (Wildman–Crippen MR) is 52.5 cm³/mol. The Bertz CT molecular complexity index is 385. The summed E-state index contributed by atoms with van der Waals surface area (Å²) in [7, 11) is 0. The van der Waals surface area contributed by atoms with Gasteiger partial charge in [-0.1, -0.05) is 0 Å². The lowest BCUT2D eigenvalue weighted by atomic mass is 10.1. The molecule has 0 aliphatic rings. The van der Waals surface area contributed by atoms with Crippen LogP contribution in [0, 0.1) is 6.92 Å². The Morgan fingerprint density at radius 2 is 2.14 bits per heavy atom. The van der Waals surface area contributed by atoms with Crippen LogP contribution in [-0.4, -0.2) is 17.3 Å². The van der Waals surface area contributed by atoms with Crippen LogP contribution in [0.4, 0.5) is 5.69 Å². The summed E-state index contributed by atoms with van der Waals surface area (Å²) in [6.07, 6.45) is 0.565. The van der Waals surface area contributed by atoms with Crippen LogP contribution in [0.5, 0.6) is 5.75 Å². The molecule has 74 valence electrons. The van der Waals surface area contributed by atoms with Gasteiger partial charge in [0.25, 0.3) is 0 Å². The molecule has 1 aromatic rings. The molecule has 0 spiro atoms. The van der Waals surface area contributed by atoms with Gasteiger partial charge in [-0.3, -0.25) is 9.59 Å². The molecule has 4 heteroatoms. The Kier molecular flexibility index (Phi) is 2.86. The summed E-state index contributed by atoms with van der Waals surface area (Å²) < 4.78 is 0. The number of nitrogens with one attached hydrogen (secondary N) is 1. The number of carbonyl (C=O) groups excluding carboxylic acids is 2. The highest BCUT2D eigenvalue weighted by Gasteiger charge is 2.08. The van der Waals surface area contributed by atoms with E-state index in [0.29, 0.717) is 17.5 Å². The summed E-state index contributed by atoms with van der Waals surface area (Å²) in [6.45, 7) is 3.04. The minimum atomic E-state index is -0.212. The summed E-state index contributed by atoms with van der Waals surface area (Å²) in [5, 5.41) is 11.9. The normalized spacial score (nSPS) is 9.57. The summed E-state index contributed by atoms with van der Waals surface area (Å²) in [4.78, 5) is 21.4. The minimum absolute atomic E-state index is 0.0772. The molecule has 14 heavy (non-hydrogen) atoms. The molecule has 0 fully saturated rings.